The number of halogens is 1. The largest absolute Gasteiger partial charge is 0.325 e. The number of sulfonamides is 1. The minimum Gasteiger partial charge on any atom is -0.319 e. The predicted molar refractivity (Wildman–Crippen MR) is 113 cm³/mol. The van der Waals surface area contributed by atoms with Crippen LogP contribution in [0.3, 0.4) is 0 Å². The Bertz CT molecular complexity index is 1130. The number of amides is 3. The lowest BCUT2D eigenvalue weighted by atomic mass is 9.87. The molecule has 3 rings (SSSR count). The zero-order valence-electron chi connectivity index (χ0n) is 17.3. The maximum atomic E-state index is 13.3. The second kappa shape index (κ2) is 8.10. The fraction of sp³-hybridized carbons (Fsp3) is 0.286. The molecule has 1 fully saturated rings. The van der Waals surface area contributed by atoms with E-state index in [1.165, 1.54) is 55.6 Å². The predicted octanol–water partition coefficient (Wildman–Crippen LogP) is 2.26. The van der Waals surface area contributed by atoms with Crippen LogP contribution >= 0.6 is 0 Å². The van der Waals surface area contributed by atoms with E-state index in [9.17, 15) is 27.2 Å². The quantitative estimate of drug-likeness (QED) is 0.518. The number of hydrogen-bond donors (Lipinski definition) is 1. The summed E-state index contributed by atoms with van der Waals surface area (Å²) >= 11 is 0. The zero-order valence-corrected chi connectivity index (χ0v) is 18.1. The van der Waals surface area contributed by atoms with Crippen LogP contribution in [0.5, 0.6) is 0 Å². The first-order valence-electron chi connectivity index (χ1n) is 9.47. The fourth-order valence-corrected chi connectivity index (χ4v) is 3.93. The second-order valence-electron chi connectivity index (χ2n) is 7.29. The minimum atomic E-state index is -3.45. The molecule has 0 unspecified atom stereocenters. The Balaban J connectivity index is 1.81. The van der Waals surface area contributed by atoms with E-state index in [0.29, 0.717) is 11.3 Å². The summed E-state index contributed by atoms with van der Waals surface area (Å²) in [7, 11) is -2.06. The van der Waals surface area contributed by atoms with Crippen LogP contribution in [0, 0.1) is 5.82 Å². The van der Waals surface area contributed by atoms with Crippen molar-refractivity contribution in [3.05, 3.63) is 65.5 Å². The third kappa shape index (κ3) is 4.15. The average molecular weight is 447 g/mol. The van der Waals surface area contributed by atoms with Gasteiger partial charge in [-0.25, -0.2) is 17.6 Å². The molecule has 0 aliphatic carbocycles. The Morgan fingerprint density at radius 1 is 1.10 bits per heavy atom. The minimum absolute atomic E-state index is 0.223. The van der Waals surface area contributed by atoms with Gasteiger partial charge in [0.1, 0.15) is 11.4 Å². The number of hydrogen-bond acceptors (Lipinski definition) is 5. The van der Waals surface area contributed by atoms with Gasteiger partial charge in [-0.3, -0.25) is 18.8 Å². The molecule has 1 atom stereocenters. The van der Waals surface area contributed by atoms with Gasteiger partial charge in [0.05, 0.1) is 18.5 Å². The Hall–Kier alpha value is -3.27. The summed E-state index contributed by atoms with van der Waals surface area (Å²) < 4.78 is 37.6. The van der Waals surface area contributed by atoms with Crippen LogP contribution < -0.4 is 9.62 Å². The number of carbonyl (C=O) groups excluding carboxylic acids is 3. The number of nitrogens with one attached hydrogen (secondary N) is 1. The molecule has 0 spiro atoms. The van der Waals surface area contributed by atoms with E-state index in [2.05, 4.69) is 5.32 Å². The number of ketones is 1. The van der Waals surface area contributed by atoms with Gasteiger partial charge in [-0.1, -0.05) is 19.1 Å². The zero-order chi connectivity index (χ0) is 23.0. The number of carbonyl (C=O) groups is 3. The van der Waals surface area contributed by atoms with Gasteiger partial charge in [-0.05, 0) is 48.4 Å². The van der Waals surface area contributed by atoms with Gasteiger partial charge in [-0.15, -0.1) is 0 Å². The molecule has 0 aromatic heterocycles. The van der Waals surface area contributed by atoms with Gasteiger partial charge in [0, 0.05) is 12.6 Å². The van der Waals surface area contributed by atoms with Crippen molar-refractivity contribution < 1.29 is 27.2 Å². The summed E-state index contributed by atoms with van der Waals surface area (Å²) in [5.41, 5.74) is -0.345. The Morgan fingerprint density at radius 2 is 1.68 bits per heavy atom. The van der Waals surface area contributed by atoms with Gasteiger partial charge >= 0.3 is 6.03 Å². The van der Waals surface area contributed by atoms with Gasteiger partial charge in [-0.2, -0.15) is 0 Å². The lowest BCUT2D eigenvalue weighted by molar-refractivity contribution is -0.131. The highest BCUT2D eigenvalue weighted by Gasteiger charge is 2.51. The molecule has 8 nitrogen and oxygen atoms in total. The van der Waals surface area contributed by atoms with Crippen molar-refractivity contribution in [1.29, 1.82) is 0 Å². The molecule has 1 saturated heterocycles. The number of Topliss-reactive ketones (excluding diaryl/α,β-unsaturated/α-hetero) is 1. The molecule has 10 heteroatoms. The van der Waals surface area contributed by atoms with Crippen LogP contribution in [0.2, 0.25) is 0 Å². The van der Waals surface area contributed by atoms with Gasteiger partial charge in [0.25, 0.3) is 5.91 Å². The molecule has 1 heterocycles. The van der Waals surface area contributed by atoms with Crippen LogP contribution in [0.1, 0.15) is 29.3 Å². The summed E-state index contributed by atoms with van der Waals surface area (Å²) in [4.78, 5) is 39.1. The van der Waals surface area contributed by atoms with Crippen molar-refractivity contribution in [2.75, 3.05) is 24.2 Å². The molecular weight excluding hydrogens is 425 g/mol. The normalized spacial score (nSPS) is 18.8. The molecule has 1 aliphatic heterocycles. The van der Waals surface area contributed by atoms with Gasteiger partial charge in [0.15, 0.2) is 5.78 Å². The van der Waals surface area contributed by atoms with Crippen molar-refractivity contribution in [3.8, 4) is 0 Å². The summed E-state index contributed by atoms with van der Waals surface area (Å²) in [6.07, 6.45) is 1.28. The first-order chi connectivity index (χ1) is 14.5. The summed E-state index contributed by atoms with van der Waals surface area (Å²) in [5.74, 6) is -1.54. The van der Waals surface area contributed by atoms with Crippen LogP contribution in [0.4, 0.5) is 14.9 Å². The summed E-state index contributed by atoms with van der Waals surface area (Å²) in [5, 5.41) is 2.64. The van der Waals surface area contributed by atoms with E-state index in [0.717, 1.165) is 15.5 Å². The van der Waals surface area contributed by atoms with E-state index in [4.69, 9.17) is 0 Å². The van der Waals surface area contributed by atoms with Gasteiger partial charge in [0.2, 0.25) is 10.0 Å². The molecule has 164 valence electrons. The van der Waals surface area contributed by atoms with Crippen molar-refractivity contribution >= 4 is 33.4 Å². The van der Waals surface area contributed by atoms with Crippen molar-refractivity contribution in [3.63, 3.8) is 0 Å². The number of urea groups is 1. The third-order valence-electron chi connectivity index (χ3n) is 5.40. The molecule has 0 radical (unpaired) electrons. The van der Waals surface area contributed by atoms with E-state index < -0.39 is 45.6 Å². The third-order valence-corrected chi connectivity index (χ3v) is 6.60. The van der Waals surface area contributed by atoms with E-state index >= 15 is 0 Å². The van der Waals surface area contributed by atoms with E-state index in [-0.39, 0.29) is 12.0 Å². The van der Waals surface area contributed by atoms with Crippen molar-refractivity contribution in [2.24, 2.45) is 0 Å². The molecule has 2 aromatic rings. The highest BCUT2D eigenvalue weighted by molar-refractivity contribution is 7.92. The van der Waals surface area contributed by atoms with Crippen LogP contribution in [0.15, 0.2) is 48.5 Å². The smallest absolute Gasteiger partial charge is 0.319 e. The van der Waals surface area contributed by atoms with E-state index in [1.54, 1.807) is 6.92 Å². The Morgan fingerprint density at radius 3 is 2.19 bits per heavy atom. The molecule has 0 saturated carbocycles. The number of imide groups is 1. The first kappa shape index (κ1) is 22.4. The van der Waals surface area contributed by atoms with Crippen LogP contribution in [0.25, 0.3) is 0 Å². The average Bonchev–Trinajstić information content (AvgIpc) is 2.98. The van der Waals surface area contributed by atoms with E-state index in [1.807, 2.05) is 0 Å². The molecule has 3 amide bonds. The maximum absolute atomic E-state index is 13.3. The Kier molecular flexibility index (Phi) is 5.86. The highest BCUT2D eigenvalue weighted by Crippen LogP contribution is 2.32. The Labute approximate surface area is 179 Å². The summed E-state index contributed by atoms with van der Waals surface area (Å²) in [6.45, 7) is 1.23. The number of nitrogens with zero attached hydrogens (tertiary/aromatic N) is 2. The lowest BCUT2D eigenvalue weighted by Gasteiger charge is -2.25. The molecule has 1 aliphatic rings. The molecule has 1 N–H and O–H groups in total. The number of benzene rings is 2. The monoisotopic (exact) mass is 447 g/mol. The lowest BCUT2D eigenvalue weighted by Crippen LogP contribution is -2.43. The van der Waals surface area contributed by atoms with Gasteiger partial charge < -0.3 is 5.32 Å². The SMILES string of the molecule is CC[C@]1(c2ccc(F)cc2)NC(=O)N(CC(=O)c2ccc(N(C)S(C)(=O)=O)cc2)C1=O. The topological polar surface area (TPSA) is 104 Å². The summed E-state index contributed by atoms with van der Waals surface area (Å²) in [6, 6.07) is 10.4. The fourth-order valence-electron chi connectivity index (χ4n) is 3.43. The maximum Gasteiger partial charge on any atom is 0.325 e. The number of rotatable bonds is 7. The van der Waals surface area contributed by atoms with Crippen molar-refractivity contribution in [1.82, 2.24) is 10.2 Å². The number of anilines is 1. The standard InChI is InChI=1S/C21H22FN3O5S/c1-4-21(15-7-9-16(22)10-8-15)19(27)25(20(28)23-21)13-18(26)14-5-11-17(12-6-14)24(2)31(3,29)30/h5-12H,4,13H2,1-3H3,(H,23,28)/t21-/m1/s1. The molecule has 31 heavy (non-hydrogen) atoms. The van der Waals surface area contributed by atoms with Crippen molar-refractivity contribution in [2.45, 2.75) is 18.9 Å². The first-order valence-corrected chi connectivity index (χ1v) is 11.3. The molecule has 2 aromatic carbocycles. The highest BCUT2D eigenvalue weighted by atomic mass is 32.2. The van der Waals surface area contributed by atoms with Crippen LogP contribution in [-0.4, -0.2) is 50.9 Å². The molecular formula is C21H22FN3O5S. The van der Waals surface area contributed by atoms with Crippen LogP contribution in [-0.2, 0) is 20.4 Å². The molecule has 0 bridgehead atoms. The second-order valence-corrected chi connectivity index (χ2v) is 9.30.